The molecule has 3 rings (SSSR count). The van der Waals surface area contributed by atoms with Crippen LogP contribution in [0, 0.1) is 13.8 Å². The smallest absolute Gasteiger partial charge is 0.253 e. The van der Waals surface area contributed by atoms with Crippen LogP contribution in [0.1, 0.15) is 34.6 Å². The van der Waals surface area contributed by atoms with Gasteiger partial charge in [-0.05, 0) is 50.5 Å². The zero-order valence-electron chi connectivity index (χ0n) is 16.1. The number of anilines is 1. The van der Waals surface area contributed by atoms with Gasteiger partial charge < -0.3 is 9.47 Å². The molecule has 27 heavy (non-hydrogen) atoms. The van der Waals surface area contributed by atoms with Gasteiger partial charge in [-0.25, -0.2) is 13.4 Å². The lowest BCUT2D eigenvalue weighted by Crippen LogP contribution is -2.29. The van der Waals surface area contributed by atoms with E-state index in [2.05, 4.69) is 9.55 Å². The summed E-state index contributed by atoms with van der Waals surface area (Å²) >= 11 is 0. The van der Waals surface area contributed by atoms with E-state index < -0.39 is 10.0 Å². The number of aromatic nitrogens is 2. The first-order valence-electron chi connectivity index (χ1n) is 9.14. The summed E-state index contributed by atoms with van der Waals surface area (Å²) < 4.78 is 27.7. The number of amides is 1. The van der Waals surface area contributed by atoms with Crippen LogP contribution in [0.3, 0.4) is 0 Å². The van der Waals surface area contributed by atoms with Gasteiger partial charge in [0.2, 0.25) is 10.0 Å². The Balaban J connectivity index is 1.64. The zero-order chi connectivity index (χ0) is 19.6. The van der Waals surface area contributed by atoms with Crippen molar-refractivity contribution in [2.24, 2.45) is 0 Å². The molecule has 0 aliphatic carbocycles. The third kappa shape index (κ3) is 4.16. The summed E-state index contributed by atoms with van der Waals surface area (Å²) in [4.78, 5) is 18.7. The number of aryl methyl sites for hydroxylation is 3. The minimum Gasteiger partial charge on any atom is -0.342 e. The number of imidazole rings is 1. The Labute approximate surface area is 160 Å². The molecule has 0 bridgehead atoms. The average molecular weight is 391 g/mol. The standard InChI is InChI=1S/C19H26N4O3S/c1-15-14-17(23-11-5-13-27(23,25)26)6-7-18(15)19(24)21(3)9-4-10-22-12-8-20-16(22)2/h6-8,12,14H,4-5,9-11,13H2,1-3H3. The second-order valence-corrected chi connectivity index (χ2v) is 9.00. The zero-order valence-corrected chi connectivity index (χ0v) is 16.9. The van der Waals surface area contributed by atoms with Crippen LogP contribution in [0.4, 0.5) is 5.69 Å². The molecule has 0 N–H and O–H groups in total. The molecule has 0 unspecified atom stereocenters. The number of sulfonamides is 1. The first-order valence-corrected chi connectivity index (χ1v) is 10.7. The van der Waals surface area contributed by atoms with Crippen molar-refractivity contribution < 1.29 is 13.2 Å². The Hall–Kier alpha value is -2.35. The molecule has 1 amide bonds. The number of hydrogen-bond donors (Lipinski definition) is 0. The molecule has 1 aliphatic rings. The Morgan fingerprint density at radius 3 is 2.67 bits per heavy atom. The van der Waals surface area contributed by atoms with E-state index in [1.54, 1.807) is 36.3 Å². The highest BCUT2D eigenvalue weighted by atomic mass is 32.2. The molecule has 1 fully saturated rings. The second-order valence-electron chi connectivity index (χ2n) is 6.99. The maximum absolute atomic E-state index is 12.8. The summed E-state index contributed by atoms with van der Waals surface area (Å²) in [6.45, 7) is 5.76. The van der Waals surface area contributed by atoms with E-state index in [0.29, 0.717) is 30.8 Å². The number of carbonyl (C=O) groups is 1. The summed E-state index contributed by atoms with van der Waals surface area (Å²) in [5, 5.41) is 0. The molecule has 146 valence electrons. The third-order valence-corrected chi connectivity index (χ3v) is 6.86. The minimum absolute atomic E-state index is 0.0503. The molecule has 0 saturated carbocycles. The predicted octanol–water partition coefficient (Wildman–Crippen LogP) is 2.20. The number of hydrogen-bond acceptors (Lipinski definition) is 4. The quantitative estimate of drug-likeness (QED) is 0.758. The van der Waals surface area contributed by atoms with E-state index in [4.69, 9.17) is 0 Å². The summed E-state index contributed by atoms with van der Waals surface area (Å²) in [6.07, 6.45) is 5.19. The monoisotopic (exact) mass is 390 g/mol. The third-order valence-electron chi connectivity index (χ3n) is 4.99. The summed E-state index contributed by atoms with van der Waals surface area (Å²) in [7, 11) is -1.42. The van der Waals surface area contributed by atoms with Crippen molar-refractivity contribution in [3.8, 4) is 0 Å². The van der Waals surface area contributed by atoms with Crippen LogP contribution in [0.15, 0.2) is 30.6 Å². The number of carbonyl (C=O) groups excluding carboxylic acids is 1. The topological polar surface area (TPSA) is 75.5 Å². The maximum atomic E-state index is 12.8. The summed E-state index contributed by atoms with van der Waals surface area (Å²) in [6, 6.07) is 5.25. The van der Waals surface area contributed by atoms with Gasteiger partial charge in [-0.15, -0.1) is 0 Å². The van der Waals surface area contributed by atoms with Crippen molar-refractivity contribution in [2.75, 3.05) is 30.2 Å². The molecular formula is C19H26N4O3S. The lowest BCUT2D eigenvalue weighted by molar-refractivity contribution is 0.0791. The van der Waals surface area contributed by atoms with E-state index in [1.165, 1.54) is 4.31 Å². The first-order chi connectivity index (χ1) is 12.8. The highest BCUT2D eigenvalue weighted by Crippen LogP contribution is 2.26. The number of nitrogens with zero attached hydrogens (tertiary/aromatic N) is 4. The minimum atomic E-state index is -3.21. The molecular weight excluding hydrogens is 364 g/mol. The van der Waals surface area contributed by atoms with Crippen molar-refractivity contribution in [2.45, 2.75) is 33.2 Å². The maximum Gasteiger partial charge on any atom is 0.253 e. The van der Waals surface area contributed by atoms with Gasteiger partial charge in [0, 0.05) is 44.6 Å². The molecule has 7 nitrogen and oxygen atoms in total. The molecule has 0 spiro atoms. The van der Waals surface area contributed by atoms with Gasteiger partial charge in [-0.1, -0.05) is 0 Å². The van der Waals surface area contributed by atoms with Crippen LogP contribution < -0.4 is 4.31 Å². The van der Waals surface area contributed by atoms with Crippen LogP contribution in [-0.2, 0) is 16.6 Å². The van der Waals surface area contributed by atoms with E-state index in [0.717, 1.165) is 24.4 Å². The van der Waals surface area contributed by atoms with Gasteiger partial charge in [0.1, 0.15) is 5.82 Å². The molecule has 8 heteroatoms. The highest BCUT2D eigenvalue weighted by molar-refractivity contribution is 7.93. The molecule has 2 heterocycles. The van der Waals surface area contributed by atoms with Crippen molar-refractivity contribution in [3.63, 3.8) is 0 Å². The van der Waals surface area contributed by atoms with Crippen LogP contribution in [0.25, 0.3) is 0 Å². The lowest BCUT2D eigenvalue weighted by atomic mass is 10.1. The Kier molecular flexibility index (Phi) is 5.55. The highest BCUT2D eigenvalue weighted by Gasteiger charge is 2.29. The predicted molar refractivity (Wildman–Crippen MR) is 105 cm³/mol. The van der Waals surface area contributed by atoms with E-state index in [-0.39, 0.29) is 11.7 Å². The van der Waals surface area contributed by atoms with Crippen molar-refractivity contribution >= 4 is 21.6 Å². The van der Waals surface area contributed by atoms with E-state index in [1.807, 2.05) is 20.0 Å². The van der Waals surface area contributed by atoms with Crippen LogP contribution >= 0.6 is 0 Å². The second kappa shape index (κ2) is 7.72. The lowest BCUT2D eigenvalue weighted by Gasteiger charge is -2.21. The van der Waals surface area contributed by atoms with Crippen molar-refractivity contribution in [1.82, 2.24) is 14.5 Å². The molecule has 1 aromatic heterocycles. The van der Waals surface area contributed by atoms with Crippen LogP contribution in [0.2, 0.25) is 0 Å². The molecule has 1 aliphatic heterocycles. The van der Waals surface area contributed by atoms with Crippen molar-refractivity contribution in [1.29, 1.82) is 0 Å². The van der Waals surface area contributed by atoms with E-state index >= 15 is 0 Å². The fraction of sp³-hybridized carbons (Fsp3) is 0.474. The summed E-state index contributed by atoms with van der Waals surface area (Å²) in [5.74, 6) is 1.10. The van der Waals surface area contributed by atoms with Gasteiger partial charge in [0.05, 0.1) is 11.4 Å². The first kappa shape index (κ1) is 19.4. The normalized spacial score (nSPS) is 15.9. The molecule has 2 aromatic rings. The molecule has 1 aromatic carbocycles. The average Bonchev–Trinajstić information content (AvgIpc) is 3.18. The van der Waals surface area contributed by atoms with Gasteiger partial charge in [-0.3, -0.25) is 9.10 Å². The summed E-state index contributed by atoms with van der Waals surface area (Å²) in [5.41, 5.74) is 2.04. The fourth-order valence-corrected chi connectivity index (χ4v) is 4.95. The van der Waals surface area contributed by atoms with E-state index in [9.17, 15) is 13.2 Å². The van der Waals surface area contributed by atoms with Gasteiger partial charge in [-0.2, -0.15) is 0 Å². The largest absolute Gasteiger partial charge is 0.342 e. The van der Waals surface area contributed by atoms with Gasteiger partial charge in [0.15, 0.2) is 0 Å². The SMILES string of the molecule is Cc1cc(N2CCCS2(=O)=O)ccc1C(=O)N(C)CCCn1ccnc1C. The Morgan fingerprint density at radius 1 is 1.30 bits per heavy atom. The Morgan fingerprint density at radius 2 is 2.07 bits per heavy atom. The fourth-order valence-electron chi connectivity index (χ4n) is 3.40. The van der Waals surface area contributed by atoms with Crippen LogP contribution in [0.5, 0.6) is 0 Å². The molecule has 0 radical (unpaired) electrons. The molecule has 1 saturated heterocycles. The number of rotatable bonds is 6. The van der Waals surface area contributed by atoms with Crippen LogP contribution in [-0.4, -0.2) is 54.7 Å². The Bertz CT molecular complexity index is 936. The van der Waals surface area contributed by atoms with Crippen molar-refractivity contribution in [3.05, 3.63) is 47.5 Å². The van der Waals surface area contributed by atoms with Gasteiger partial charge in [0.25, 0.3) is 5.91 Å². The molecule has 0 atom stereocenters. The van der Waals surface area contributed by atoms with Gasteiger partial charge >= 0.3 is 0 Å². The number of benzene rings is 1.